The van der Waals surface area contributed by atoms with Crippen molar-refractivity contribution < 1.29 is 65.1 Å². The van der Waals surface area contributed by atoms with Crippen molar-refractivity contribution in [3.63, 3.8) is 0 Å². The summed E-state index contributed by atoms with van der Waals surface area (Å²) in [7, 11) is 0. The van der Waals surface area contributed by atoms with Gasteiger partial charge in [0.25, 0.3) is 0 Å². The van der Waals surface area contributed by atoms with Crippen molar-refractivity contribution in [3.8, 4) is 12.1 Å². The van der Waals surface area contributed by atoms with Crippen LogP contribution in [-0.2, 0) is 40.9 Å². The molecule has 4 bridgehead atoms. The topological polar surface area (TPSA) is 166 Å². The number of halogens is 6. The highest BCUT2D eigenvalue weighted by molar-refractivity contribution is 6.01. The fraction of sp³-hybridized carbons (Fsp3) is 0.600. The quantitative estimate of drug-likeness (QED) is 0.399. The molecule has 0 saturated carbocycles. The molecule has 2 spiro atoms. The third kappa shape index (κ3) is 4.73. The van der Waals surface area contributed by atoms with E-state index in [9.17, 15) is 46.1 Å². The first kappa shape index (κ1) is 39.2. The van der Waals surface area contributed by atoms with Crippen LogP contribution in [-0.4, -0.2) is 82.3 Å². The zero-order chi connectivity index (χ0) is 41.9. The van der Waals surface area contributed by atoms with E-state index in [-0.39, 0.29) is 48.2 Å². The van der Waals surface area contributed by atoms with E-state index in [0.29, 0.717) is 12.8 Å². The van der Waals surface area contributed by atoms with Crippen molar-refractivity contribution in [2.45, 2.75) is 100.0 Å². The second-order valence-electron chi connectivity index (χ2n) is 17.1. The molecular weight excluding hydrogens is 778 g/mol. The average Bonchev–Trinajstić information content (AvgIpc) is 3.93. The van der Waals surface area contributed by atoms with Gasteiger partial charge in [0, 0.05) is 42.0 Å². The molecular formula is C40H38F6N4O8. The van der Waals surface area contributed by atoms with Crippen LogP contribution >= 0.6 is 0 Å². The van der Waals surface area contributed by atoms with E-state index in [1.54, 1.807) is 26.0 Å². The van der Waals surface area contributed by atoms with Crippen molar-refractivity contribution in [2.75, 3.05) is 23.0 Å². The number of aliphatic hydroxyl groups excluding tert-OH is 2. The first-order chi connectivity index (χ1) is 27.1. The molecule has 10 rings (SSSR count). The molecule has 0 radical (unpaired) electrons. The molecule has 2 amide bonds. The van der Waals surface area contributed by atoms with Crippen LogP contribution in [0.15, 0.2) is 36.4 Å². The number of nitriles is 2. The van der Waals surface area contributed by atoms with Gasteiger partial charge in [-0.05, 0) is 50.2 Å². The molecule has 2 aromatic rings. The molecule has 8 fully saturated rings. The molecule has 0 unspecified atom stereocenters. The maximum absolute atomic E-state index is 13.4. The number of nitrogens with zero attached hydrogens (tertiary/aromatic N) is 4. The van der Waals surface area contributed by atoms with Gasteiger partial charge in [-0.2, -0.15) is 36.9 Å². The Morgan fingerprint density at radius 1 is 0.690 bits per heavy atom. The summed E-state index contributed by atoms with van der Waals surface area (Å²) >= 11 is 0. The summed E-state index contributed by atoms with van der Waals surface area (Å²) < 4.78 is 105. The Labute approximate surface area is 327 Å². The number of amides is 2. The highest BCUT2D eigenvalue weighted by Gasteiger charge is 2.82. The summed E-state index contributed by atoms with van der Waals surface area (Å²) in [5.74, 6) is -3.47. The van der Waals surface area contributed by atoms with Crippen molar-refractivity contribution in [3.05, 3.63) is 58.7 Å². The Morgan fingerprint density at radius 3 is 1.59 bits per heavy atom. The number of fused-ring (bicyclic) bond motifs is 4. The number of carbonyl (C=O) groups excluding carboxylic acids is 2. The first-order valence-electron chi connectivity index (χ1n) is 19.0. The minimum Gasteiger partial charge on any atom is -0.390 e. The largest absolute Gasteiger partial charge is 0.417 e. The van der Waals surface area contributed by atoms with Gasteiger partial charge in [-0.15, -0.1) is 0 Å². The molecule has 14 atom stereocenters. The number of alkyl halides is 6. The Kier molecular flexibility index (Phi) is 8.20. The lowest BCUT2D eigenvalue weighted by molar-refractivity contribution is -0.164. The molecule has 8 heterocycles. The molecule has 0 aliphatic carbocycles. The maximum Gasteiger partial charge on any atom is 0.417 e. The van der Waals surface area contributed by atoms with E-state index in [2.05, 4.69) is 0 Å². The Morgan fingerprint density at radius 2 is 1.12 bits per heavy atom. The number of hydrogen-bond acceptors (Lipinski definition) is 10. The monoisotopic (exact) mass is 816 g/mol. The lowest BCUT2D eigenvalue weighted by atomic mass is 9.60. The van der Waals surface area contributed by atoms with Crippen molar-refractivity contribution in [1.29, 1.82) is 10.5 Å². The molecule has 18 heteroatoms. The van der Waals surface area contributed by atoms with Crippen LogP contribution < -0.4 is 9.80 Å². The summed E-state index contributed by atoms with van der Waals surface area (Å²) in [6.07, 6.45) is -11.7. The molecule has 308 valence electrons. The predicted octanol–water partition coefficient (Wildman–Crippen LogP) is 4.88. The summed E-state index contributed by atoms with van der Waals surface area (Å²) in [5, 5.41) is 39.7. The van der Waals surface area contributed by atoms with Crippen molar-refractivity contribution in [2.24, 2.45) is 35.5 Å². The summed E-state index contributed by atoms with van der Waals surface area (Å²) in [6.45, 7) is 7.69. The number of benzene rings is 2. The lowest BCUT2D eigenvalue weighted by Gasteiger charge is -2.45. The normalized spacial score (nSPS) is 42.9. The van der Waals surface area contributed by atoms with Crippen LogP contribution in [0.3, 0.4) is 0 Å². The van der Waals surface area contributed by atoms with Crippen LogP contribution in [0, 0.1) is 58.2 Å². The van der Waals surface area contributed by atoms with Crippen LogP contribution in [0.25, 0.3) is 0 Å². The van der Waals surface area contributed by atoms with E-state index >= 15 is 0 Å². The van der Waals surface area contributed by atoms with Gasteiger partial charge < -0.3 is 29.2 Å². The van der Waals surface area contributed by atoms with Crippen LogP contribution in [0.5, 0.6) is 0 Å². The maximum atomic E-state index is 13.4. The average molecular weight is 817 g/mol. The van der Waals surface area contributed by atoms with E-state index in [1.165, 1.54) is 21.9 Å². The number of anilines is 2. The van der Waals surface area contributed by atoms with Gasteiger partial charge in [-0.1, -0.05) is 13.8 Å². The standard InChI is InChI=1S/2C20H19F3N2O4/c1-9-15(26)18(2)13-14-17(28-6-5-19(9,14)29-18)25(16(13)27)11-4-3-10(8-24)12(7-11)20(21,22)23;1-9-15(26)19-5-6-28-17-14(19)13(18(9,2)29-19)16(27)25(17)11-4-3-10(8-24)12(7-11)20(21,22)23/h2*3-4,7,9,13-15,17,26H,5-6H2,1-2H3/t9-,13+,14-,15+,17-,18-,19-;9-,13-,14+,15+,17+,18-,19-/m01/s1. The van der Waals surface area contributed by atoms with Crippen LogP contribution in [0.4, 0.5) is 37.7 Å². The zero-order valence-electron chi connectivity index (χ0n) is 31.5. The molecule has 8 saturated heterocycles. The molecule has 2 aromatic carbocycles. The van der Waals surface area contributed by atoms with Gasteiger partial charge in [-0.3, -0.25) is 19.4 Å². The van der Waals surface area contributed by atoms with Gasteiger partial charge in [0.05, 0.1) is 88.8 Å². The van der Waals surface area contributed by atoms with Gasteiger partial charge in [0.2, 0.25) is 11.8 Å². The van der Waals surface area contributed by atoms with Gasteiger partial charge in [-0.25, -0.2) is 0 Å². The third-order valence-corrected chi connectivity index (χ3v) is 14.7. The van der Waals surface area contributed by atoms with E-state index in [0.717, 1.165) is 24.3 Å². The molecule has 8 aliphatic rings. The minimum atomic E-state index is -4.73. The molecule has 12 nitrogen and oxygen atoms in total. The number of rotatable bonds is 2. The summed E-state index contributed by atoms with van der Waals surface area (Å²) in [6, 6.07) is 9.56. The molecule has 8 aliphatic heterocycles. The van der Waals surface area contributed by atoms with Crippen molar-refractivity contribution in [1.82, 2.24) is 0 Å². The third-order valence-electron chi connectivity index (χ3n) is 14.7. The fourth-order valence-electron chi connectivity index (χ4n) is 12.0. The first-order valence-corrected chi connectivity index (χ1v) is 19.0. The van der Waals surface area contributed by atoms with Gasteiger partial charge >= 0.3 is 12.4 Å². The highest BCUT2D eigenvalue weighted by atomic mass is 19.4. The number of hydrogen-bond donors (Lipinski definition) is 2. The molecule has 2 N–H and O–H groups in total. The van der Waals surface area contributed by atoms with E-state index in [1.807, 2.05) is 13.8 Å². The summed E-state index contributed by atoms with van der Waals surface area (Å²) in [4.78, 5) is 29.3. The van der Waals surface area contributed by atoms with Gasteiger partial charge in [0.15, 0.2) is 0 Å². The Balaban J connectivity index is 0.000000150. The smallest absolute Gasteiger partial charge is 0.390 e. The lowest BCUT2D eigenvalue weighted by Crippen LogP contribution is -2.59. The minimum absolute atomic E-state index is 0.0305. The predicted molar refractivity (Wildman–Crippen MR) is 185 cm³/mol. The Bertz CT molecular complexity index is 2070. The Hall–Kier alpha value is -4.30. The second kappa shape index (κ2) is 12.1. The van der Waals surface area contributed by atoms with Crippen LogP contribution in [0.2, 0.25) is 0 Å². The number of aliphatic hydroxyl groups is 2. The number of ether oxygens (including phenoxy) is 4. The van der Waals surface area contributed by atoms with Crippen molar-refractivity contribution >= 4 is 23.2 Å². The second-order valence-corrected chi connectivity index (χ2v) is 17.1. The van der Waals surface area contributed by atoms with E-state index in [4.69, 9.17) is 29.5 Å². The zero-order valence-corrected chi connectivity index (χ0v) is 31.5. The molecule has 0 aromatic heterocycles. The van der Waals surface area contributed by atoms with Crippen LogP contribution in [0.1, 0.15) is 62.8 Å². The molecule has 58 heavy (non-hydrogen) atoms. The van der Waals surface area contributed by atoms with E-state index < -0.39 is 105 Å². The van der Waals surface area contributed by atoms with Gasteiger partial charge in [0.1, 0.15) is 23.7 Å². The summed E-state index contributed by atoms with van der Waals surface area (Å²) in [5.41, 5.74) is -6.84. The highest BCUT2D eigenvalue weighted by Crippen LogP contribution is 2.68. The number of carbonyl (C=O) groups is 2. The SMILES string of the molecule is C[C@@H]1[C@H](O)[C@@]23CCO[C@H]4[C@@H]2[C@H](C(=O)N4c2ccc(C#N)c(C(F)(F)F)c2)[C@]1(C)O3.C[C@H]1[C@@H](O)[C@@]2(C)O[C@@]13CCO[C@H]1[C@@H]3[C@@H]2C(=O)N1c1ccc(C#N)c(C(F)(F)F)c1. The fourth-order valence-corrected chi connectivity index (χ4v) is 12.0.